The van der Waals surface area contributed by atoms with Gasteiger partial charge in [0, 0.05) is 0 Å². The van der Waals surface area contributed by atoms with Crippen LogP contribution in [0, 0.1) is 12.7 Å². The monoisotopic (exact) mass is 268 g/mol. The first kappa shape index (κ1) is 17.6. The number of rotatable bonds is 6. The third-order valence-electron chi connectivity index (χ3n) is 2.57. The first-order chi connectivity index (χ1) is 9.15. The van der Waals surface area contributed by atoms with Gasteiger partial charge < -0.3 is 4.74 Å². The Morgan fingerprint density at radius 3 is 2.53 bits per heavy atom. The van der Waals surface area contributed by atoms with E-state index in [0.29, 0.717) is 6.61 Å². The number of benzene rings is 1. The average molecular weight is 268 g/mol. The van der Waals surface area contributed by atoms with Crippen LogP contribution in [0.15, 0.2) is 18.2 Å². The Labute approximate surface area is 116 Å². The first-order valence-electron chi connectivity index (χ1n) is 7.08. The Morgan fingerprint density at radius 2 is 1.89 bits per heavy atom. The summed E-state index contributed by atoms with van der Waals surface area (Å²) in [5, 5.41) is 0. The van der Waals surface area contributed by atoms with Crippen LogP contribution in [-0.2, 0) is 4.74 Å². The zero-order valence-corrected chi connectivity index (χ0v) is 12.5. The van der Waals surface area contributed by atoms with E-state index in [1.165, 1.54) is 12.1 Å². The predicted octanol–water partition coefficient (Wildman–Crippen LogP) is 4.90. The van der Waals surface area contributed by atoms with E-state index in [1.807, 2.05) is 20.8 Å². The minimum atomic E-state index is -0.567. The van der Waals surface area contributed by atoms with Gasteiger partial charge in [0.1, 0.15) is 5.82 Å². The van der Waals surface area contributed by atoms with E-state index >= 15 is 0 Å². The maximum atomic E-state index is 13.3. The Kier molecular flexibility index (Phi) is 9.77. The summed E-state index contributed by atoms with van der Waals surface area (Å²) in [6, 6.07) is 4.44. The first-order valence-corrected chi connectivity index (χ1v) is 7.08. The summed E-state index contributed by atoms with van der Waals surface area (Å²) in [4.78, 5) is 11.6. The maximum absolute atomic E-state index is 13.3. The van der Waals surface area contributed by atoms with Gasteiger partial charge in [0.25, 0.3) is 0 Å². The van der Waals surface area contributed by atoms with Crippen molar-refractivity contribution in [3.8, 4) is 0 Å². The van der Waals surface area contributed by atoms with Crippen LogP contribution in [0.3, 0.4) is 0 Å². The van der Waals surface area contributed by atoms with Crippen molar-refractivity contribution in [1.29, 1.82) is 0 Å². The van der Waals surface area contributed by atoms with Crippen LogP contribution < -0.4 is 0 Å². The molecule has 0 atom stereocenters. The lowest BCUT2D eigenvalue weighted by Gasteiger charge is -2.06. The molecular weight excluding hydrogens is 243 g/mol. The van der Waals surface area contributed by atoms with Gasteiger partial charge in [0.15, 0.2) is 0 Å². The molecule has 0 aliphatic heterocycles. The van der Waals surface area contributed by atoms with Crippen LogP contribution in [0.4, 0.5) is 4.39 Å². The van der Waals surface area contributed by atoms with Gasteiger partial charge in [-0.1, -0.05) is 51.7 Å². The number of carbonyl (C=O) groups excluding carboxylic acids is 1. The zero-order chi connectivity index (χ0) is 14.7. The van der Waals surface area contributed by atoms with Gasteiger partial charge in [-0.25, -0.2) is 9.18 Å². The topological polar surface area (TPSA) is 26.3 Å². The van der Waals surface area contributed by atoms with E-state index in [-0.39, 0.29) is 5.56 Å². The Balaban J connectivity index is 0.00000154. The van der Waals surface area contributed by atoms with Crippen LogP contribution in [0.5, 0.6) is 0 Å². The summed E-state index contributed by atoms with van der Waals surface area (Å²) < 4.78 is 18.4. The quantitative estimate of drug-likeness (QED) is 0.542. The molecule has 0 bridgehead atoms. The Hall–Kier alpha value is -1.38. The molecule has 0 unspecified atom stereocenters. The SMILES string of the molecule is CC.CCCCCCOC(=O)c1cc(C)ccc1F. The van der Waals surface area contributed by atoms with Crippen LogP contribution >= 0.6 is 0 Å². The highest BCUT2D eigenvalue weighted by Crippen LogP contribution is 2.11. The Morgan fingerprint density at radius 1 is 1.21 bits per heavy atom. The summed E-state index contributed by atoms with van der Waals surface area (Å²) in [7, 11) is 0. The number of carbonyl (C=O) groups is 1. The normalized spacial score (nSPS) is 9.53. The van der Waals surface area contributed by atoms with E-state index in [0.717, 1.165) is 31.2 Å². The fourth-order valence-electron chi connectivity index (χ4n) is 1.57. The van der Waals surface area contributed by atoms with Gasteiger partial charge in [0.2, 0.25) is 0 Å². The van der Waals surface area contributed by atoms with Crippen molar-refractivity contribution >= 4 is 5.97 Å². The van der Waals surface area contributed by atoms with E-state index in [9.17, 15) is 9.18 Å². The predicted molar refractivity (Wildman–Crippen MR) is 76.9 cm³/mol. The molecule has 0 radical (unpaired) electrons. The fourth-order valence-corrected chi connectivity index (χ4v) is 1.57. The standard InChI is InChI=1S/C14H19FO2.C2H6/c1-3-4-5-6-9-17-14(16)12-10-11(2)7-8-13(12)15;1-2/h7-8,10H,3-6,9H2,1-2H3;1-2H3. The molecule has 1 aromatic rings. The highest BCUT2D eigenvalue weighted by Gasteiger charge is 2.12. The second-order valence-corrected chi connectivity index (χ2v) is 4.18. The van der Waals surface area contributed by atoms with Gasteiger partial charge in [-0.15, -0.1) is 0 Å². The number of ether oxygens (including phenoxy) is 1. The number of unbranched alkanes of at least 4 members (excludes halogenated alkanes) is 3. The number of aryl methyl sites for hydroxylation is 1. The van der Waals surface area contributed by atoms with Crippen LogP contribution in [0.1, 0.15) is 62.4 Å². The van der Waals surface area contributed by atoms with Crippen molar-refractivity contribution in [3.05, 3.63) is 35.1 Å². The third kappa shape index (κ3) is 6.94. The minimum absolute atomic E-state index is 0.0282. The molecule has 3 heteroatoms. The average Bonchev–Trinajstić information content (AvgIpc) is 2.43. The molecule has 0 aliphatic carbocycles. The molecule has 0 saturated carbocycles. The van der Waals surface area contributed by atoms with E-state index in [1.54, 1.807) is 6.07 Å². The van der Waals surface area contributed by atoms with Gasteiger partial charge >= 0.3 is 5.97 Å². The Bertz CT molecular complexity index is 375. The molecule has 2 nitrogen and oxygen atoms in total. The highest BCUT2D eigenvalue weighted by molar-refractivity contribution is 5.89. The lowest BCUT2D eigenvalue weighted by molar-refractivity contribution is 0.0492. The van der Waals surface area contributed by atoms with Crippen molar-refractivity contribution in [1.82, 2.24) is 0 Å². The molecule has 0 spiro atoms. The van der Waals surface area contributed by atoms with Gasteiger partial charge in [-0.3, -0.25) is 0 Å². The summed E-state index contributed by atoms with van der Waals surface area (Å²) in [6.07, 6.45) is 4.16. The molecule has 108 valence electrons. The van der Waals surface area contributed by atoms with Crippen molar-refractivity contribution in [2.24, 2.45) is 0 Å². The lowest BCUT2D eigenvalue weighted by Crippen LogP contribution is -2.09. The number of halogens is 1. The highest BCUT2D eigenvalue weighted by atomic mass is 19.1. The molecule has 0 fully saturated rings. The second kappa shape index (κ2) is 10.5. The van der Waals surface area contributed by atoms with Gasteiger partial charge in [-0.2, -0.15) is 0 Å². The van der Waals surface area contributed by atoms with Crippen LogP contribution in [-0.4, -0.2) is 12.6 Å². The molecule has 1 rings (SSSR count). The fraction of sp³-hybridized carbons (Fsp3) is 0.562. The van der Waals surface area contributed by atoms with E-state index in [2.05, 4.69) is 6.92 Å². The molecule has 0 saturated heterocycles. The van der Waals surface area contributed by atoms with E-state index in [4.69, 9.17) is 4.74 Å². The molecule has 0 heterocycles. The smallest absolute Gasteiger partial charge is 0.341 e. The number of hydrogen-bond acceptors (Lipinski definition) is 2. The lowest BCUT2D eigenvalue weighted by atomic mass is 10.1. The van der Waals surface area contributed by atoms with E-state index < -0.39 is 11.8 Å². The van der Waals surface area contributed by atoms with Crippen molar-refractivity contribution < 1.29 is 13.9 Å². The molecule has 0 aliphatic rings. The molecule has 0 N–H and O–H groups in total. The van der Waals surface area contributed by atoms with Crippen molar-refractivity contribution in [3.63, 3.8) is 0 Å². The largest absolute Gasteiger partial charge is 0.462 e. The number of esters is 1. The maximum Gasteiger partial charge on any atom is 0.341 e. The van der Waals surface area contributed by atoms with Gasteiger partial charge in [0.05, 0.1) is 12.2 Å². The molecule has 19 heavy (non-hydrogen) atoms. The zero-order valence-electron chi connectivity index (χ0n) is 12.5. The second-order valence-electron chi connectivity index (χ2n) is 4.18. The van der Waals surface area contributed by atoms with Crippen molar-refractivity contribution in [2.45, 2.75) is 53.4 Å². The molecular formula is C16H25FO2. The number of hydrogen-bond donors (Lipinski definition) is 0. The third-order valence-corrected chi connectivity index (χ3v) is 2.57. The molecule has 0 aromatic heterocycles. The summed E-state index contributed by atoms with van der Waals surface area (Å²) in [6.45, 7) is 8.30. The van der Waals surface area contributed by atoms with Crippen LogP contribution in [0.25, 0.3) is 0 Å². The molecule has 1 aromatic carbocycles. The summed E-state index contributed by atoms with van der Waals surface area (Å²) in [5.41, 5.74) is 0.879. The van der Waals surface area contributed by atoms with Gasteiger partial charge in [-0.05, 0) is 25.5 Å². The summed E-state index contributed by atoms with van der Waals surface area (Å²) in [5.74, 6) is -1.09. The van der Waals surface area contributed by atoms with Crippen LogP contribution in [0.2, 0.25) is 0 Å². The van der Waals surface area contributed by atoms with Crippen molar-refractivity contribution in [2.75, 3.05) is 6.61 Å². The molecule has 0 amide bonds. The minimum Gasteiger partial charge on any atom is -0.462 e. The summed E-state index contributed by atoms with van der Waals surface area (Å²) >= 11 is 0.